The van der Waals surface area contributed by atoms with Gasteiger partial charge in [0.05, 0.1) is 24.8 Å². The van der Waals surface area contributed by atoms with Crippen molar-refractivity contribution >= 4 is 22.6 Å². The first-order valence-corrected chi connectivity index (χ1v) is 11.8. The number of hydrogen-bond donors (Lipinski definition) is 3. The molecule has 0 saturated heterocycles. The highest BCUT2D eigenvalue weighted by molar-refractivity contribution is 5.99. The van der Waals surface area contributed by atoms with Crippen molar-refractivity contribution < 1.29 is 20.9 Å². The van der Waals surface area contributed by atoms with Gasteiger partial charge in [-0.2, -0.15) is 0 Å². The summed E-state index contributed by atoms with van der Waals surface area (Å²) in [4.78, 5) is 28.2. The Morgan fingerprint density at radius 1 is 1.06 bits per heavy atom. The zero-order chi connectivity index (χ0) is 24.8. The van der Waals surface area contributed by atoms with Crippen LogP contribution < -0.4 is 10.1 Å². The van der Waals surface area contributed by atoms with Crippen molar-refractivity contribution in [3.63, 3.8) is 0 Å². The average Bonchev–Trinajstić information content (AvgIpc) is 3.29. The number of hydrogen-bond acceptors (Lipinski definition) is 4. The van der Waals surface area contributed by atoms with Gasteiger partial charge in [-0.3, -0.25) is 9.59 Å². The number of aliphatic hydroxyl groups is 1. The first kappa shape index (κ1) is 24.2. The molecule has 0 aliphatic rings. The maximum atomic E-state index is 13.4. The molecule has 4 rings (SSSR count). The molecular weight excluding hydrogens is 440 g/mol. The van der Waals surface area contributed by atoms with E-state index in [1.807, 2.05) is 55.6 Å². The van der Waals surface area contributed by atoms with Crippen LogP contribution >= 0.6 is 0 Å². The van der Waals surface area contributed by atoms with Gasteiger partial charge in [-0.05, 0) is 54.7 Å². The van der Waals surface area contributed by atoms with Crippen molar-refractivity contribution in [3.8, 4) is 16.9 Å². The molecule has 3 aromatic carbocycles. The number of fused-ring (bicyclic) bond motifs is 1. The lowest BCUT2D eigenvalue weighted by atomic mass is 9.99. The molecule has 0 aliphatic heterocycles. The molecule has 1 amide bonds. The number of carbonyl (C=O) groups is 2. The Labute approximate surface area is 206 Å². The van der Waals surface area contributed by atoms with Crippen LogP contribution in [0.3, 0.4) is 0 Å². The number of ketones is 1. The minimum absolute atomic E-state index is 0. The second kappa shape index (κ2) is 11.0. The van der Waals surface area contributed by atoms with Gasteiger partial charge in [0, 0.05) is 24.1 Å². The largest absolute Gasteiger partial charge is 0.493 e. The van der Waals surface area contributed by atoms with E-state index >= 15 is 0 Å². The summed E-state index contributed by atoms with van der Waals surface area (Å²) in [6, 6.07) is 20.3. The van der Waals surface area contributed by atoms with Gasteiger partial charge >= 0.3 is 0 Å². The third-order valence-electron chi connectivity index (χ3n) is 6.01. The number of aliphatic hydroxyl groups excluding tert-OH is 1. The zero-order valence-electron chi connectivity index (χ0n) is 20.0. The van der Waals surface area contributed by atoms with Gasteiger partial charge in [-0.15, -0.1) is 0 Å². The van der Waals surface area contributed by atoms with E-state index in [2.05, 4.69) is 10.3 Å². The normalized spacial score (nSPS) is 11.9. The average molecular weight is 473 g/mol. The summed E-state index contributed by atoms with van der Waals surface area (Å²) in [5.74, 6) is 0.194. The number of aromatic nitrogens is 1. The number of rotatable bonds is 10. The number of carbonyl (C=O) groups excluding carboxylic acids is 2. The predicted molar refractivity (Wildman–Crippen MR) is 140 cm³/mol. The zero-order valence-corrected chi connectivity index (χ0v) is 20.0. The smallest absolute Gasteiger partial charge is 0.255 e. The summed E-state index contributed by atoms with van der Waals surface area (Å²) in [5.41, 5.74) is 4.82. The Hall–Kier alpha value is -3.90. The highest BCUT2D eigenvalue weighted by Crippen LogP contribution is 2.28. The molecule has 0 spiro atoms. The van der Waals surface area contributed by atoms with Gasteiger partial charge in [-0.1, -0.05) is 55.5 Å². The van der Waals surface area contributed by atoms with E-state index in [0.717, 1.165) is 34.0 Å². The minimum atomic E-state index is -0.459. The van der Waals surface area contributed by atoms with E-state index < -0.39 is 6.04 Å². The van der Waals surface area contributed by atoms with E-state index in [-0.39, 0.29) is 19.7 Å². The molecule has 0 fully saturated rings. The van der Waals surface area contributed by atoms with Crippen molar-refractivity contribution in [2.75, 3.05) is 13.2 Å². The summed E-state index contributed by atoms with van der Waals surface area (Å²) in [7, 11) is 0. The molecule has 1 atom stereocenters. The van der Waals surface area contributed by atoms with Gasteiger partial charge in [-0.25, -0.2) is 0 Å². The Bertz CT molecular complexity index is 1330. The molecule has 0 bridgehead atoms. The highest BCUT2D eigenvalue weighted by Gasteiger charge is 2.19. The third kappa shape index (κ3) is 5.61. The Balaban J connectivity index is 0.00000361. The first-order valence-electron chi connectivity index (χ1n) is 11.8. The lowest BCUT2D eigenvalue weighted by Gasteiger charge is -2.18. The summed E-state index contributed by atoms with van der Waals surface area (Å²) in [6.07, 6.45) is 3.22. The van der Waals surface area contributed by atoms with Crippen LogP contribution in [0.15, 0.2) is 72.9 Å². The van der Waals surface area contributed by atoms with E-state index in [1.165, 1.54) is 6.92 Å². The molecule has 3 N–H and O–H groups in total. The Morgan fingerprint density at radius 3 is 2.51 bits per heavy atom. The standard InChI is InChI=1S/C29H30N2O4.H2/c1-3-14-35-28-13-12-22(21-10-8-20(9-11-21)19(2)33)16-26(28)29(34)31-24(18-32)15-23-17-30-27-7-5-4-6-25(23)27;/h4-13,16-17,24,30,32H,3,14-15,18H2,1-2H3,(H,31,34);1H/t24-;/m1./s1. The van der Waals surface area contributed by atoms with Gasteiger partial charge in [0.15, 0.2) is 5.78 Å². The third-order valence-corrected chi connectivity index (χ3v) is 6.01. The minimum Gasteiger partial charge on any atom is -0.493 e. The van der Waals surface area contributed by atoms with Crippen molar-refractivity contribution in [1.82, 2.24) is 10.3 Å². The van der Waals surface area contributed by atoms with Gasteiger partial charge < -0.3 is 20.1 Å². The monoisotopic (exact) mass is 472 g/mol. The van der Waals surface area contributed by atoms with Crippen LogP contribution in [0.1, 0.15) is 48.0 Å². The lowest BCUT2D eigenvalue weighted by Crippen LogP contribution is -2.39. The van der Waals surface area contributed by atoms with Crippen molar-refractivity contribution in [3.05, 3.63) is 89.6 Å². The molecule has 0 unspecified atom stereocenters. The molecule has 6 nitrogen and oxygen atoms in total. The van der Waals surface area contributed by atoms with E-state index in [4.69, 9.17) is 4.74 Å². The van der Waals surface area contributed by atoms with Crippen LogP contribution in [0.2, 0.25) is 0 Å². The lowest BCUT2D eigenvalue weighted by molar-refractivity contribution is 0.0912. The summed E-state index contributed by atoms with van der Waals surface area (Å²) in [6.45, 7) is 3.84. The van der Waals surface area contributed by atoms with Crippen LogP contribution in [0.4, 0.5) is 0 Å². The first-order chi connectivity index (χ1) is 17.0. The number of H-pyrrole nitrogens is 1. The van der Waals surface area contributed by atoms with Crippen LogP contribution in [-0.2, 0) is 6.42 Å². The molecular formula is C29H32N2O4. The van der Waals surface area contributed by atoms with Crippen LogP contribution in [-0.4, -0.2) is 41.0 Å². The number of nitrogens with one attached hydrogen (secondary N) is 2. The van der Waals surface area contributed by atoms with Crippen molar-refractivity contribution in [2.24, 2.45) is 0 Å². The van der Waals surface area contributed by atoms with Gasteiger partial charge in [0.1, 0.15) is 5.75 Å². The number of benzene rings is 3. The van der Waals surface area contributed by atoms with Crippen LogP contribution in [0, 0.1) is 0 Å². The fourth-order valence-corrected chi connectivity index (χ4v) is 4.11. The number of Topliss-reactive ketones (excluding diaryl/α,β-unsaturated/α-hetero) is 1. The van der Waals surface area contributed by atoms with Crippen molar-refractivity contribution in [1.29, 1.82) is 0 Å². The molecule has 4 aromatic rings. The topological polar surface area (TPSA) is 91.4 Å². The molecule has 1 aromatic heterocycles. The Kier molecular flexibility index (Phi) is 7.63. The Morgan fingerprint density at radius 2 is 1.80 bits per heavy atom. The molecule has 182 valence electrons. The fourth-order valence-electron chi connectivity index (χ4n) is 4.11. The predicted octanol–water partition coefficient (Wildman–Crippen LogP) is 5.41. The molecule has 0 radical (unpaired) electrons. The second-order valence-corrected chi connectivity index (χ2v) is 8.61. The SMILES string of the molecule is CCCOc1ccc(-c2ccc(C(C)=O)cc2)cc1C(=O)N[C@@H](CO)Cc1c[nH]c2ccccc12.[HH]. The van der Waals surface area contributed by atoms with E-state index in [1.54, 1.807) is 24.3 Å². The number of ether oxygens (including phenoxy) is 1. The molecule has 6 heteroatoms. The highest BCUT2D eigenvalue weighted by atomic mass is 16.5. The number of amides is 1. The second-order valence-electron chi connectivity index (χ2n) is 8.61. The number of aromatic amines is 1. The summed E-state index contributed by atoms with van der Waals surface area (Å²) in [5, 5.41) is 14.1. The van der Waals surface area contributed by atoms with E-state index in [9.17, 15) is 14.7 Å². The van der Waals surface area contributed by atoms with Crippen LogP contribution in [0.5, 0.6) is 5.75 Å². The quantitative estimate of drug-likeness (QED) is 0.269. The van der Waals surface area contributed by atoms with Crippen LogP contribution in [0.25, 0.3) is 22.0 Å². The van der Waals surface area contributed by atoms with E-state index in [0.29, 0.717) is 29.9 Å². The fraction of sp³-hybridized carbons (Fsp3) is 0.241. The molecule has 35 heavy (non-hydrogen) atoms. The maximum Gasteiger partial charge on any atom is 0.255 e. The number of para-hydroxylation sites is 1. The maximum absolute atomic E-state index is 13.4. The molecule has 0 aliphatic carbocycles. The molecule has 1 heterocycles. The summed E-state index contributed by atoms with van der Waals surface area (Å²) < 4.78 is 5.85. The van der Waals surface area contributed by atoms with Gasteiger partial charge in [0.2, 0.25) is 0 Å². The molecule has 0 saturated carbocycles. The van der Waals surface area contributed by atoms with Gasteiger partial charge in [0.25, 0.3) is 5.91 Å². The van der Waals surface area contributed by atoms with Crippen molar-refractivity contribution in [2.45, 2.75) is 32.7 Å². The summed E-state index contributed by atoms with van der Waals surface area (Å²) >= 11 is 0.